The third kappa shape index (κ3) is 4.50. The number of nitrogens with one attached hydrogen (secondary N) is 1. The Balaban J connectivity index is 1.93. The lowest BCUT2D eigenvalue weighted by Crippen LogP contribution is -2.36. The van der Waals surface area contributed by atoms with Crippen LogP contribution in [-0.4, -0.2) is 24.0 Å². The zero-order chi connectivity index (χ0) is 13.7. The molecule has 1 heterocycles. The average Bonchev–Trinajstić information content (AvgIpc) is 2.81. The van der Waals surface area contributed by atoms with Gasteiger partial charge in [-0.3, -0.25) is 0 Å². The zero-order valence-corrected chi connectivity index (χ0v) is 11.5. The minimum atomic E-state index is -3.32. The fraction of sp³-hybridized carbons (Fsp3) is 0.308. The van der Waals surface area contributed by atoms with Gasteiger partial charge in [0, 0.05) is 25.0 Å². The van der Waals surface area contributed by atoms with Crippen LogP contribution in [0.2, 0.25) is 0 Å². The van der Waals surface area contributed by atoms with Gasteiger partial charge in [0.1, 0.15) is 0 Å². The maximum absolute atomic E-state index is 12.0. The highest BCUT2D eigenvalue weighted by atomic mass is 32.2. The summed E-state index contributed by atoms with van der Waals surface area (Å²) in [5.74, 6) is 0.00209. The number of aromatic nitrogens is 2. The molecule has 0 saturated heterocycles. The third-order valence-electron chi connectivity index (χ3n) is 2.62. The highest BCUT2D eigenvalue weighted by Crippen LogP contribution is 2.05. The molecule has 0 aliphatic rings. The summed E-state index contributed by atoms with van der Waals surface area (Å²) in [6, 6.07) is 8.97. The van der Waals surface area contributed by atoms with E-state index in [-0.39, 0.29) is 11.8 Å². The van der Waals surface area contributed by atoms with E-state index >= 15 is 0 Å². The van der Waals surface area contributed by atoms with E-state index in [0.717, 1.165) is 5.56 Å². The fourth-order valence-corrected chi connectivity index (χ4v) is 3.29. The molecule has 2 aromatic rings. The van der Waals surface area contributed by atoms with Crippen LogP contribution in [0.4, 0.5) is 0 Å². The molecule has 1 N–H and O–H groups in total. The molecule has 0 saturated carbocycles. The smallest absolute Gasteiger partial charge is 0.216 e. The minimum Gasteiger partial charge on any atom is -0.336 e. The molecule has 0 spiro atoms. The van der Waals surface area contributed by atoms with E-state index in [1.54, 1.807) is 24.7 Å². The Hall–Kier alpha value is -1.66. The van der Waals surface area contributed by atoms with Crippen molar-refractivity contribution in [2.45, 2.75) is 25.3 Å². The Labute approximate surface area is 113 Å². The van der Waals surface area contributed by atoms with Crippen molar-refractivity contribution in [1.82, 2.24) is 14.3 Å². The van der Waals surface area contributed by atoms with Crippen LogP contribution in [0.1, 0.15) is 12.5 Å². The molecular weight excluding hydrogens is 262 g/mol. The maximum Gasteiger partial charge on any atom is 0.216 e. The predicted molar refractivity (Wildman–Crippen MR) is 73.9 cm³/mol. The highest BCUT2D eigenvalue weighted by molar-refractivity contribution is 7.88. The van der Waals surface area contributed by atoms with Gasteiger partial charge >= 0.3 is 0 Å². The summed E-state index contributed by atoms with van der Waals surface area (Å²) in [6.45, 7) is 2.40. The van der Waals surface area contributed by atoms with Gasteiger partial charge in [0.15, 0.2) is 0 Å². The molecule has 6 heteroatoms. The monoisotopic (exact) mass is 279 g/mol. The minimum absolute atomic E-state index is 0.00209. The molecule has 1 aromatic carbocycles. The summed E-state index contributed by atoms with van der Waals surface area (Å²) in [7, 11) is -3.32. The number of nitrogens with zero attached hydrogens (tertiary/aromatic N) is 2. The number of hydrogen-bond donors (Lipinski definition) is 1. The van der Waals surface area contributed by atoms with Crippen LogP contribution in [-0.2, 0) is 22.3 Å². The van der Waals surface area contributed by atoms with Crippen molar-refractivity contribution in [1.29, 1.82) is 0 Å². The quantitative estimate of drug-likeness (QED) is 0.869. The van der Waals surface area contributed by atoms with Crippen molar-refractivity contribution >= 4 is 10.0 Å². The normalized spacial score (nSPS) is 13.3. The van der Waals surface area contributed by atoms with Crippen LogP contribution in [0.25, 0.3) is 0 Å². The number of hydrogen-bond acceptors (Lipinski definition) is 3. The SMILES string of the molecule is CC(Cn1ccnc1)NS(=O)(=O)Cc1ccccc1. The molecule has 1 atom stereocenters. The van der Waals surface area contributed by atoms with Crippen molar-refractivity contribution in [3.05, 3.63) is 54.6 Å². The predicted octanol–water partition coefficient (Wildman–Crippen LogP) is 1.39. The summed E-state index contributed by atoms with van der Waals surface area (Å²) in [4.78, 5) is 3.93. The summed E-state index contributed by atoms with van der Waals surface area (Å²) >= 11 is 0. The van der Waals surface area contributed by atoms with Gasteiger partial charge < -0.3 is 4.57 Å². The topological polar surface area (TPSA) is 64.0 Å². The second kappa shape index (κ2) is 5.99. The van der Waals surface area contributed by atoms with Gasteiger partial charge in [-0.15, -0.1) is 0 Å². The maximum atomic E-state index is 12.0. The van der Waals surface area contributed by atoms with E-state index in [2.05, 4.69) is 9.71 Å². The van der Waals surface area contributed by atoms with Crippen molar-refractivity contribution in [2.75, 3.05) is 0 Å². The summed E-state index contributed by atoms with van der Waals surface area (Å²) < 4.78 is 28.5. The third-order valence-corrected chi connectivity index (χ3v) is 4.10. The molecule has 102 valence electrons. The van der Waals surface area contributed by atoms with E-state index in [1.165, 1.54) is 0 Å². The standard InChI is InChI=1S/C13H17N3O2S/c1-12(9-16-8-7-14-11-16)15-19(17,18)10-13-5-3-2-4-6-13/h2-8,11-12,15H,9-10H2,1H3. The second-order valence-electron chi connectivity index (χ2n) is 4.52. The summed E-state index contributed by atoms with van der Waals surface area (Å²) in [5.41, 5.74) is 0.782. The average molecular weight is 279 g/mol. The van der Waals surface area contributed by atoms with E-state index in [0.29, 0.717) is 6.54 Å². The molecule has 5 nitrogen and oxygen atoms in total. The Morgan fingerprint density at radius 3 is 2.68 bits per heavy atom. The molecule has 0 fully saturated rings. The van der Waals surface area contributed by atoms with Crippen LogP contribution >= 0.6 is 0 Å². The lowest BCUT2D eigenvalue weighted by Gasteiger charge is -2.14. The molecular formula is C13H17N3O2S. The van der Waals surface area contributed by atoms with Crippen molar-refractivity contribution < 1.29 is 8.42 Å². The largest absolute Gasteiger partial charge is 0.336 e. The van der Waals surface area contributed by atoms with Gasteiger partial charge in [0.05, 0.1) is 12.1 Å². The molecule has 1 unspecified atom stereocenters. The Morgan fingerprint density at radius 1 is 1.32 bits per heavy atom. The first-order chi connectivity index (χ1) is 9.05. The van der Waals surface area contributed by atoms with Gasteiger partial charge in [-0.25, -0.2) is 18.1 Å². The lowest BCUT2D eigenvalue weighted by molar-refractivity contribution is 0.520. The van der Waals surface area contributed by atoms with Gasteiger partial charge in [0.2, 0.25) is 10.0 Å². The van der Waals surface area contributed by atoms with Crippen molar-refractivity contribution in [2.24, 2.45) is 0 Å². The van der Waals surface area contributed by atoms with Crippen LogP contribution < -0.4 is 4.72 Å². The fourth-order valence-electron chi connectivity index (χ4n) is 1.89. The summed E-state index contributed by atoms with van der Waals surface area (Å²) in [6.07, 6.45) is 5.15. The van der Waals surface area contributed by atoms with Crippen LogP contribution in [0.15, 0.2) is 49.1 Å². The number of benzene rings is 1. The first kappa shape index (κ1) is 13.8. The van der Waals surface area contributed by atoms with E-state index in [1.807, 2.05) is 35.9 Å². The van der Waals surface area contributed by atoms with Gasteiger partial charge in [-0.1, -0.05) is 30.3 Å². The molecule has 0 bridgehead atoms. The van der Waals surface area contributed by atoms with Gasteiger partial charge in [-0.05, 0) is 12.5 Å². The molecule has 0 aliphatic carbocycles. The molecule has 2 rings (SSSR count). The van der Waals surface area contributed by atoms with Crippen LogP contribution in [0, 0.1) is 0 Å². The van der Waals surface area contributed by atoms with E-state index in [4.69, 9.17) is 0 Å². The first-order valence-corrected chi connectivity index (χ1v) is 7.70. The molecule has 19 heavy (non-hydrogen) atoms. The Morgan fingerprint density at radius 2 is 2.05 bits per heavy atom. The van der Waals surface area contributed by atoms with E-state index in [9.17, 15) is 8.42 Å². The molecule has 1 aromatic heterocycles. The van der Waals surface area contributed by atoms with Crippen LogP contribution in [0.5, 0.6) is 0 Å². The summed E-state index contributed by atoms with van der Waals surface area (Å²) in [5, 5.41) is 0. The molecule has 0 radical (unpaired) electrons. The highest BCUT2D eigenvalue weighted by Gasteiger charge is 2.15. The second-order valence-corrected chi connectivity index (χ2v) is 6.28. The van der Waals surface area contributed by atoms with Gasteiger partial charge in [0.25, 0.3) is 0 Å². The number of sulfonamides is 1. The van der Waals surface area contributed by atoms with Gasteiger partial charge in [-0.2, -0.15) is 0 Å². The van der Waals surface area contributed by atoms with Crippen LogP contribution in [0.3, 0.4) is 0 Å². The first-order valence-electron chi connectivity index (χ1n) is 6.05. The van der Waals surface area contributed by atoms with Crippen molar-refractivity contribution in [3.8, 4) is 0 Å². The molecule has 0 aliphatic heterocycles. The number of imidazole rings is 1. The lowest BCUT2D eigenvalue weighted by atomic mass is 10.2. The molecule has 0 amide bonds. The Kier molecular flexibility index (Phi) is 4.34. The number of rotatable bonds is 6. The zero-order valence-electron chi connectivity index (χ0n) is 10.7. The Bertz CT molecular complexity index is 594. The van der Waals surface area contributed by atoms with E-state index < -0.39 is 10.0 Å². The van der Waals surface area contributed by atoms with Crippen molar-refractivity contribution in [3.63, 3.8) is 0 Å².